The summed E-state index contributed by atoms with van der Waals surface area (Å²) in [7, 11) is 0. The average Bonchev–Trinajstić information content (AvgIpc) is 2.64. The van der Waals surface area contributed by atoms with Crippen molar-refractivity contribution in [2.75, 3.05) is 5.32 Å². The van der Waals surface area contributed by atoms with Crippen LogP contribution in [0.15, 0.2) is 30.3 Å². The number of carbonyl (C=O) groups is 2. The van der Waals surface area contributed by atoms with E-state index in [1.54, 1.807) is 20.8 Å². The molecule has 0 spiro atoms. The molecular weight excluding hydrogens is 446 g/mol. The van der Waals surface area contributed by atoms with Crippen molar-refractivity contribution >= 4 is 40.8 Å². The van der Waals surface area contributed by atoms with Crippen molar-refractivity contribution in [3.63, 3.8) is 0 Å². The van der Waals surface area contributed by atoms with E-state index in [0.717, 1.165) is 12.1 Å². The van der Waals surface area contributed by atoms with Gasteiger partial charge in [-0.3, -0.25) is 9.59 Å². The number of anilines is 1. The summed E-state index contributed by atoms with van der Waals surface area (Å²) in [6.07, 6.45) is -4.61. The van der Waals surface area contributed by atoms with Crippen LogP contribution in [0, 0.1) is 5.92 Å². The zero-order valence-corrected chi connectivity index (χ0v) is 17.7. The molecule has 0 aliphatic heterocycles. The van der Waals surface area contributed by atoms with Gasteiger partial charge in [-0.2, -0.15) is 13.2 Å². The number of esters is 1. The van der Waals surface area contributed by atoms with Gasteiger partial charge in [0, 0.05) is 24.5 Å². The molecule has 0 aliphatic rings. The smallest absolute Gasteiger partial charge is 0.418 e. The Hall–Kier alpha value is -2.45. The van der Waals surface area contributed by atoms with Gasteiger partial charge in [0.25, 0.3) is 0 Å². The van der Waals surface area contributed by atoms with Crippen LogP contribution in [0.25, 0.3) is 0 Å². The van der Waals surface area contributed by atoms with Crippen molar-refractivity contribution in [3.05, 3.63) is 45.9 Å². The fraction of sp³-hybridized carbons (Fsp3) is 0.300. The number of benzene rings is 2. The second-order valence-electron chi connectivity index (χ2n) is 6.49. The van der Waals surface area contributed by atoms with E-state index in [1.165, 1.54) is 18.2 Å². The maximum absolute atomic E-state index is 13.5. The van der Waals surface area contributed by atoms with Gasteiger partial charge in [0.15, 0.2) is 5.75 Å². The van der Waals surface area contributed by atoms with E-state index in [2.05, 4.69) is 5.32 Å². The van der Waals surface area contributed by atoms with Crippen LogP contribution >= 0.6 is 23.2 Å². The largest absolute Gasteiger partial charge is 0.454 e. The van der Waals surface area contributed by atoms with Gasteiger partial charge in [-0.1, -0.05) is 44.0 Å². The number of hydrogen-bond donors (Lipinski definition) is 1. The third-order valence-electron chi connectivity index (χ3n) is 3.79. The van der Waals surface area contributed by atoms with Crippen molar-refractivity contribution < 1.29 is 32.2 Å². The molecule has 0 bridgehead atoms. The first-order valence-electron chi connectivity index (χ1n) is 8.82. The summed E-state index contributed by atoms with van der Waals surface area (Å²) in [4.78, 5) is 23.2. The zero-order chi connectivity index (χ0) is 22.6. The lowest BCUT2D eigenvalue weighted by Gasteiger charge is -2.17. The lowest BCUT2D eigenvalue weighted by molar-refractivity contribution is -0.137. The van der Waals surface area contributed by atoms with Crippen molar-refractivity contribution in [1.29, 1.82) is 0 Å². The molecule has 0 fully saturated rings. The van der Waals surface area contributed by atoms with Crippen molar-refractivity contribution in [2.45, 2.75) is 33.4 Å². The first kappa shape index (κ1) is 23.8. The molecule has 0 saturated heterocycles. The normalized spacial score (nSPS) is 11.4. The molecule has 2 rings (SSSR count). The lowest BCUT2D eigenvalue weighted by atomic mass is 10.1. The van der Waals surface area contributed by atoms with Crippen LogP contribution in [-0.4, -0.2) is 11.9 Å². The number of alkyl halides is 3. The number of amides is 1. The van der Waals surface area contributed by atoms with E-state index in [1.807, 2.05) is 0 Å². The maximum atomic E-state index is 13.5. The second kappa shape index (κ2) is 9.57. The van der Waals surface area contributed by atoms with E-state index in [4.69, 9.17) is 32.7 Å². The number of rotatable bonds is 6. The first-order valence-corrected chi connectivity index (χ1v) is 9.57. The van der Waals surface area contributed by atoms with E-state index < -0.39 is 35.2 Å². The van der Waals surface area contributed by atoms with Gasteiger partial charge in [0.05, 0.1) is 21.3 Å². The molecule has 0 saturated carbocycles. The molecule has 5 nitrogen and oxygen atoms in total. The predicted molar refractivity (Wildman–Crippen MR) is 107 cm³/mol. The highest BCUT2D eigenvalue weighted by atomic mass is 35.5. The Morgan fingerprint density at radius 2 is 1.67 bits per heavy atom. The third kappa shape index (κ3) is 6.03. The van der Waals surface area contributed by atoms with Gasteiger partial charge < -0.3 is 14.8 Å². The Kier molecular flexibility index (Phi) is 7.60. The van der Waals surface area contributed by atoms with Gasteiger partial charge in [-0.05, 0) is 18.2 Å². The van der Waals surface area contributed by atoms with Crippen LogP contribution < -0.4 is 14.8 Å². The number of hydrogen-bond acceptors (Lipinski definition) is 4. The highest BCUT2D eigenvalue weighted by molar-refractivity contribution is 6.37. The summed E-state index contributed by atoms with van der Waals surface area (Å²) < 4.78 is 50.9. The molecule has 0 heterocycles. The minimum absolute atomic E-state index is 0.0628. The van der Waals surface area contributed by atoms with Crippen molar-refractivity contribution in [3.8, 4) is 17.2 Å². The summed E-state index contributed by atoms with van der Waals surface area (Å²) in [5, 5.41) is 2.12. The number of ether oxygens (including phenoxy) is 2. The molecule has 0 aromatic heterocycles. The zero-order valence-electron chi connectivity index (χ0n) is 16.2. The van der Waals surface area contributed by atoms with Gasteiger partial charge in [0.1, 0.15) is 11.5 Å². The number of nitrogens with one attached hydrogen (secondary N) is 1. The Labute approximate surface area is 181 Å². The Bertz CT molecular complexity index is 939. The molecule has 0 unspecified atom stereocenters. The average molecular weight is 464 g/mol. The molecule has 0 radical (unpaired) electrons. The molecule has 162 valence electrons. The highest BCUT2D eigenvalue weighted by Gasteiger charge is 2.35. The van der Waals surface area contributed by atoms with Gasteiger partial charge >= 0.3 is 12.1 Å². The first-order chi connectivity index (χ1) is 13.9. The number of halogens is 5. The topological polar surface area (TPSA) is 64.6 Å². The van der Waals surface area contributed by atoms with Crippen LogP contribution in [0.5, 0.6) is 17.2 Å². The molecule has 2 aromatic carbocycles. The molecule has 0 aliphatic carbocycles. The molecular formula is C20H18Cl2F3NO4. The van der Waals surface area contributed by atoms with Gasteiger partial charge in [-0.15, -0.1) is 0 Å². The summed E-state index contributed by atoms with van der Waals surface area (Å²) in [5.41, 5.74) is -1.48. The maximum Gasteiger partial charge on any atom is 0.418 e. The molecule has 1 N–H and O–H groups in total. The molecule has 1 amide bonds. The Morgan fingerprint density at radius 1 is 1.07 bits per heavy atom. The monoisotopic (exact) mass is 463 g/mol. The summed E-state index contributed by atoms with van der Waals surface area (Å²) >= 11 is 12.2. The summed E-state index contributed by atoms with van der Waals surface area (Å²) in [5.74, 6) is -1.80. The SMILES string of the molecule is CCC(=O)Oc1cc(Cl)c(Oc2ccc(NC(=O)C(C)C)c(C(F)(F)F)c2)c(Cl)c1. The van der Waals surface area contributed by atoms with Crippen molar-refractivity contribution in [2.24, 2.45) is 5.92 Å². The standard InChI is InChI=1S/C20H18Cl2F3NO4/c1-4-17(27)29-12-8-14(21)18(15(22)9-12)30-11-5-6-16(26-19(28)10(2)3)13(7-11)20(23,24)25/h5-10H,4H2,1-3H3,(H,26,28). The molecule has 2 aromatic rings. The van der Waals surface area contributed by atoms with Crippen LogP contribution in [0.4, 0.5) is 18.9 Å². The molecule has 10 heteroatoms. The van der Waals surface area contributed by atoms with Gasteiger partial charge in [0.2, 0.25) is 5.91 Å². The third-order valence-corrected chi connectivity index (χ3v) is 4.35. The predicted octanol–water partition coefficient (Wildman–Crippen LogP) is 6.71. The van der Waals surface area contributed by atoms with E-state index in [9.17, 15) is 22.8 Å². The fourth-order valence-electron chi connectivity index (χ4n) is 2.22. The van der Waals surface area contributed by atoms with Gasteiger partial charge in [-0.25, -0.2) is 0 Å². The van der Waals surface area contributed by atoms with Crippen molar-refractivity contribution in [1.82, 2.24) is 0 Å². The van der Waals surface area contributed by atoms with E-state index >= 15 is 0 Å². The fourth-order valence-corrected chi connectivity index (χ4v) is 2.77. The van der Waals surface area contributed by atoms with Crippen LogP contribution in [0.3, 0.4) is 0 Å². The molecule has 0 atom stereocenters. The quantitative estimate of drug-likeness (QED) is 0.381. The van der Waals surface area contributed by atoms with Crippen LogP contribution in [0.1, 0.15) is 32.8 Å². The van der Waals surface area contributed by atoms with E-state index in [0.29, 0.717) is 0 Å². The van der Waals surface area contributed by atoms with E-state index in [-0.39, 0.29) is 33.7 Å². The number of carbonyl (C=O) groups excluding carboxylic acids is 2. The summed E-state index contributed by atoms with van der Waals surface area (Å²) in [6.45, 7) is 4.73. The second-order valence-corrected chi connectivity index (χ2v) is 7.31. The minimum Gasteiger partial charge on any atom is -0.454 e. The van der Waals surface area contributed by atoms with Crippen LogP contribution in [0.2, 0.25) is 10.0 Å². The Balaban J connectivity index is 2.37. The lowest BCUT2D eigenvalue weighted by Crippen LogP contribution is -2.20. The van der Waals surface area contributed by atoms with Crippen LogP contribution in [-0.2, 0) is 15.8 Å². The Morgan fingerprint density at radius 3 is 2.17 bits per heavy atom. The highest BCUT2D eigenvalue weighted by Crippen LogP contribution is 2.42. The summed E-state index contributed by atoms with van der Waals surface area (Å²) in [6, 6.07) is 5.57. The molecule has 30 heavy (non-hydrogen) atoms. The minimum atomic E-state index is -4.75.